The first-order valence-electron chi connectivity index (χ1n) is 5.14. The van der Waals surface area contributed by atoms with Crippen LogP contribution in [0.1, 0.15) is 27.2 Å². The van der Waals surface area contributed by atoms with Gasteiger partial charge in [0.05, 0.1) is 6.61 Å². The molecule has 0 heterocycles. The zero-order valence-corrected chi connectivity index (χ0v) is 9.91. The van der Waals surface area contributed by atoms with Gasteiger partial charge in [0.1, 0.15) is 0 Å². The fraction of sp³-hybridized carbons (Fsp3) is 0.800. The van der Waals surface area contributed by atoms with Crippen LogP contribution in [0.4, 0.5) is 4.79 Å². The third-order valence-corrected chi connectivity index (χ3v) is 1.95. The lowest BCUT2D eigenvalue weighted by atomic mass is 9.92. The number of aliphatic hydroxyl groups is 1. The lowest BCUT2D eigenvalue weighted by Crippen LogP contribution is -2.48. The molecule has 0 aliphatic carbocycles. The monoisotopic (exact) mass is 232 g/mol. The molecule has 0 aromatic carbocycles. The number of hydrogen-bond acceptors (Lipinski definition) is 3. The van der Waals surface area contributed by atoms with E-state index in [0.29, 0.717) is 6.54 Å². The van der Waals surface area contributed by atoms with Crippen molar-refractivity contribution in [3.8, 4) is 0 Å². The minimum Gasteiger partial charge on any atom is -0.480 e. The Bertz CT molecular complexity index is 248. The van der Waals surface area contributed by atoms with Crippen LogP contribution in [0.15, 0.2) is 0 Å². The van der Waals surface area contributed by atoms with Crippen molar-refractivity contribution in [1.29, 1.82) is 0 Å². The van der Waals surface area contributed by atoms with Gasteiger partial charge in [-0.15, -0.1) is 0 Å². The Kier molecular flexibility index (Phi) is 5.81. The van der Waals surface area contributed by atoms with E-state index in [0.717, 1.165) is 6.42 Å². The van der Waals surface area contributed by atoms with Gasteiger partial charge in [-0.2, -0.15) is 0 Å². The van der Waals surface area contributed by atoms with Gasteiger partial charge in [-0.05, 0) is 11.8 Å². The number of aliphatic carboxylic acids is 1. The summed E-state index contributed by atoms with van der Waals surface area (Å²) >= 11 is 0. The molecule has 0 saturated heterocycles. The Hall–Kier alpha value is -1.30. The Morgan fingerprint density at radius 2 is 1.88 bits per heavy atom. The predicted molar refractivity (Wildman–Crippen MR) is 59.1 cm³/mol. The number of aliphatic hydroxyl groups excluding tert-OH is 1. The van der Waals surface area contributed by atoms with Crippen molar-refractivity contribution in [2.45, 2.75) is 33.2 Å². The van der Waals surface area contributed by atoms with E-state index in [2.05, 4.69) is 10.6 Å². The van der Waals surface area contributed by atoms with Crippen molar-refractivity contribution in [3.05, 3.63) is 0 Å². The van der Waals surface area contributed by atoms with Crippen LogP contribution in [0.3, 0.4) is 0 Å². The molecule has 4 N–H and O–H groups in total. The summed E-state index contributed by atoms with van der Waals surface area (Å²) in [7, 11) is 0. The summed E-state index contributed by atoms with van der Waals surface area (Å²) in [5, 5.41) is 21.9. The zero-order valence-electron chi connectivity index (χ0n) is 9.91. The van der Waals surface area contributed by atoms with Crippen LogP contribution >= 0.6 is 0 Å². The minimum absolute atomic E-state index is 0.108. The summed E-state index contributed by atoms with van der Waals surface area (Å²) in [5.74, 6) is -1.26. The number of rotatable bonds is 5. The fourth-order valence-corrected chi connectivity index (χ4v) is 0.946. The standard InChI is InChI=1S/C10H20N2O4/c1-10(2,3)4-5-11-9(16)12-7(6-13)8(14)15/h7,13H,4-6H2,1-3H3,(H,14,15)(H2,11,12,16). The molecule has 1 atom stereocenters. The van der Waals surface area contributed by atoms with Crippen molar-refractivity contribution in [1.82, 2.24) is 10.6 Å². The molecule has 0 spiro atoms. The van der Waals surface area contributed by atoms with Gasteiger partial charge < -0.3 is 20.8 Å². The molecule has 0 aromatic rings. The number of carboxylic acid groups (broad SMARTS) is 1. The van der Waals surface area contributed by atoms with Gasteiger partial charge in [0.15, 0.2) is 6.04 Å². The van der Waals surface area contributed by atoms with Gasteiger partial charge in [-0.1, -0.05) is 20.8 Å². The number of hydrogen-bond donors (Lipinski definition) is 4. The first kappa shape index (κ1) is 14.7. The molecule has 1 unspecified atom stereocenters. The second-order valence-electron chi connectivity index (χ2n) is 4.78. The molecule has 94 valence electrons. The van der Waals surface area contributed by atoms with E-state index in [-0.39, 0.29) is 5.41 Å². The smallest absolute Gasteiger partial charge is 0.328 e. The van der Waals surface area contributed by atoms with E-state index in [1.165, 1.54) is 0 Å². The fourth-order valence-electron chi connectivity index (χ4n) is 0.946. The molecule has 0 saturated carbocycles. The van der Waals surface area contributed by atoms with E-state index >= 15 is 0 Å². The van der Waals surface area contributed by atoms with Crippen molar-refractivity contribution < 1.29 is 19.8 Å². The van der Waals surface area contributed by atoms with Gasteiger partial charge in [-0.3, -0.25) is 0 Å². The van der Waals surface area contributed by atoms with E-state index in [1.807, 2.05) is 20.8 Å². The highest BCUT2D eigenvalue weighted by Crippen LogP contribution is 2.16. The molecule has 0 radical (unpaired) electrons. The summed E-state index contributed by atoms with van der Waals surface area (Å²) < 4.78 is 0. The molecule has 2 amide bonds. The highest BCUT2D eigenvalue weighted by atomic mass is 16.4. The average Bonchev–Trinajstić information content (AvgIpc) is 2.11. The molecular formula is C10H20N2O4. The van der Waals surface area contributed by atoms with Crippen molar-refractivity contribution in [2.75, 3.05) is 13.2 Å². The van der Waals surface area contributed by atoms with E-state index in [4.69, 9.17) is 10.2 Å². The number of carboxylic acids is 1. The van der Waals surface area contributed by atoms with E-state index in [1.54, 1.807) is 0 Å². The van der Waals surface area contributed by atoms with Crippen molar-refractivity contribution in [2.24, 2.45) is 5.41 Å². The summed E-state index contributed by atoms with van der Waals surface area (Å²) in [6.45, 7) is 5.97. The second kappa shape index (κ2) is 6.32. The molecule has 0 aliphatic heterocycles. The maximum absolute atomic E-state index is 11.2. The zero-order chi connectivity index (χ0) is 12.8. The Balaban J connectivity index is 3.86. The topological polar surface area (TPSA) is 98.7 Å². The van der Waals surface area contributed by atoms with Crippen molar-refractivity contribution in [3.63, 3.8) is 0 Å². The number of amides is 2. The number of urea groups is 1. The quantitative estimate of drug-likeness (QED) is 0.543. The third-order valence-electron chi connectivity index (χ3n) is 1.95. The number of carbonyl (C=O) groups is 2. The minimum atomic E-state index is -1.26. The predicted octanol–water partition coefficient (Wildman–Crippen LogP) is 0.167. The first-order valence-corrected chi connectivity index (χ1v) is 5.14. The maximum Gasteiger partial charge on any atom is 0.328 e. The van der Waals surface area contributed by atoms with E-state index in [9.17, 15) is 9.59 Å². The van der Waals surface area contributed by atoms with Gasteiger partial charge in [-0.25, -0.2) is 9.59 Å². The van der Waals surface area contributed by atoms with Crippen LogP contribution in [0.25, 0.3) is 0 Å². The van der Waals surface area contributed by atoms with Gasteiger partial charge in [0.25, 0.3) is 0 Å². The molecular weight excluding hydrogens is 212 g/mol. The van der Waals surface area contributed by atoms with E-state index < -0.39 is 24.6 Å². The van der Waals surface area contributed by atoms with Crippen LogP contribution in [-0.4, -0.2) is 41.4 Å². The average molecular weight is 232 g/mol. The SMILES string of the molecule is CC(C)(C)CCNC(=O)NC(CO)C(=O)O. The normalized spacial score (nSPS) is 13.0. The summed E-state index contributed by atoms with van der Waals surface area (Å²) in [6.07, 6.45) is 0.789. The molecule has 6 nitrogen and oxygen atoms in total. The van der Waals surface area contributed by atoms with Crippen LogP contribution in [0.2, 0.25) is 0 Å². The van der Waals surface area contributed by atoms with Gasteiger partial charge in [0, 0.05) is 6.54 Å². The van der Waals surface area contributed by atoms with Crippen LogP contribution in [0, 0.1) is 5.41 Å². The van der Waals surface area contributed by atoms with Gasteiger partial charge >= 0.3 is 12.0 Å². The molecule has 6 heteroatoms. The number of nitrogens with one attached hydrogen (secondary N) is 2. The summed E-state index contributed by atoms with van der Waals surface area (Å²) in [4.78, 5) is 21.7. The lowest BCUT2D eigenvalue weighted by molar-refractivity contribution is -0.140. The first-order chi connectivity index (χ1) is 7.26. The summed E-state index contributed by atoms with van der Waals surface area (Å²) in [6, 6.07) is -1.83. The van der Waals surface area contributed by atoms with Crippen molar-refractivity contribution >= 4 is 12.0 Å². The summed E-state index contributed by atoms with van der Waals surface area (Å²) in [5.41, 5.74) is 0.108. The second-order valence-corrected chi connectivity index (χ2v) is 4.78. The van der Waals surface area contributed by atoms with Crippen LogP contribution < -0.4 is 10.6 Å². The Morgan fingerprint density at radius 3 is 2.25 bits per heavy atom. The molecule has 0 fully saturated rings. The highest BCUT2D eigenvalue weighted by Gasteiger charge is 2.18. The van der Waals surface area contributed by atoms with Gasteiger partial charge in [0.2, 0.25) is 0 Å². The molecule has 0 aromatic heterocycles. The highest BCUT2D eigenvalue weighted by molar-refractivity contribution is 5.82. The Morgan fingerprint density at radius 1 is 1.31 bits per heavy atom. The largest absolute Gasteiger partial charge is 0.480 e. The third kappa shape index (κ3) is 7.05. The maximum atomic E-state index is 11.2. The van der Waals surface area contributed by atoms with Crippen LogP contribution in [0.5, 0.6) is 0 Å². The molecule has 0 aliphatic rings. The lowest BCUT2D eigenvalue weighted by Gasteiger charge is -2.19. The molecule has 16 heavy (non-hydrogen) atoms. The number of carbonyl (C=O) groups excluding carboxylic acids is 1. The molecule has 0 bridgehead atoms. The Labute approximate surface area is 95.0 Å². The van der Waals surface area contributed by atoms with Crippen LogP contribution in [-0.2, 0) is 4.79 Å². The molecule has 0 rings (SSSR count).